The van der Waals surface area contributed by atoms with E-state index in [0.717, 1.165) is 22.8 Å². The lowest BCUT2D eigenvalue weighted by Crippen LogP contribution is -2.48. The predicted octanol–water partition coefficient (Wildman–Crippen LogP) is 4.18. The van der Waals surface area contributed by atoms with E-state index < -0.39 is 10.8 Å². The quantitative estimate of drug-likeness (QED) is 0.581. The number of aromatic nitrogens is 2. The van der Waals surface area contributed by atoms with Crippen LogP contribution in [0.3, 0.4) is 0 Å². The Morgan fingerprint density at radius 2 is 1.86 bits per heavy atom. The summed E-state index contributed by atoms with van der Waals surface area (Å²) in [4.78, 5) is 23.2. The van der Waals surface area contributed by atoms with Crippen LogP contribution in [-0.2, 0) is 5.41 Å². The van der Waals surface area contributed by atoms with Crippen LogP contribution >= 0.6 is 11.3 Å². The number of hydrogen-bond acceptors (Lipinski definition) is 7. The zero-order valence-corrected chi connectivity index (χ0v) is 16.9. The molecular formula is C20H22N4O4S. The number of nitro benzene ring substituents is 1. The van der Waals surface area contributed by atoms with Gasteiger partial charge in [-0.2, -0.15) is 0 Å². The number of benzene rings is 1. The first-order valence-electron chi connectivity index (χ1n) is 9.93. The third-order valence-electron chi connectivity index (χ3n) is 6.78. The molecule has 152 valence electrons. The van der Waals surface area contributed by atoms with Crippen molar-refractivity contribution >= 4 is 28.1 Å². The third kappa shape index (κ3) is 3.17. The molecular weight excluding hydrogens is 392 g/mol. The summed E-state index contributed by atoms with van der Waals surface area (Å²) in [7, 11) is 1.36. The maximum atomic E-state index is 12.6. The second-order valence-electron chi connectivity index (χ2n) is 8.71. The first kappa shape index (κ1) is 18.5. The minimum absolute atomic E-state index is 0.117. The van der Waals surface area contributed by atoms with Crippen molar-refractivity contribution in [1.82, 2.24) is 10.2 Å². The number of nitro groups is 1. The summed E-state index contributed by atoms with van der Waals surface area (Å²) in [6.07, 6.45) is 7.64. The van der Waals surface area contributed by atoms with Crippen LogP contribution in [0.15, 0.2) is 18.2 Å². The van der Waals surface area contributed by atoms with Crippen LogP contribution in [0.5, 0.6) is 5.75 Å². The highest BCUT2D eigenvalue weighted by molar-refractivity contribution is 7.15. The average Bonchev–Trinajstić information content (AvgIpc) is 3.15. The Bertz CT molecular complexity index is 953. The van der Waals surface area contributed by atoms with E-state index in [9.17, 15) is 14.9 Å². The molecule has 0 spiro atoms. The van der Waals surface area contributed by atoms with Gasteiger partial charge in [0, 0.05) is 17.0 Å². The maximum absolute atomic E-state index is 12.6. The molecule has 6 rings (SSSR count). The van der Waals surface area contributed by atoms with Gasteiger partial charge in [0.15, 0.2) is 5.75 Å². The van der Waals surface area contributed by atoms with Crippen molar-refractivity contribution in [2.75, 3.05) is 12.4 Å². The Morgan fingerprint density at radius 1 is 1.21 bits per heavy atom. The molecule has 0 unspecified atom stereocenters. The van der Waals surface area contributed by atoms with Crippen molar-refractivity contribution in [2.45, 2.75) is 43.9 Å². The number of rotatable bonds is 5. The van der Waals surface area contributed by atoms with E-state index >= 15 is 0 Å². The van der Waals surface area contributed by atoms with Crippen molar-refractivity contribution in [3.8, 4) is 5.75 Å². The van der Waals surface area contributed by atoms with Gasteiger partial charge in [0.1, 0.15) is 5.01 Å². The topological polar surface area (TPSA) is 107 Å². The highest BCUT2D eigenvalue weighted by Crippen LogP contribution is 2.61. The molecule has 2 aromatic rings. The highest BCUT2D eigenvalue weighted by Gasteiger charge is 2.53. The fourth-order valence-corrected chi connectivity index (χ4v) is 6.96. The Labute approximate surface area is 171 Å². The first-order chi connectivity index (χ1) is 14.0. The molecule has 1 amide bonds. The number of methoxy groups -OCH3 is 1. The van der Waals surface area contributed by atoms with Gasteiger partial charge in [-0.15, -0.1) is 10.2 Å². The lowest BCUT2D eigenvalue weighted by molar-refractivity contribution is -0.385. The number of anilines is 1. The summed E-state index contributed by atoms with van der Waals surface area (Å²) in [5.74, 6) is 2.10. The molecule has 4 saturated carbocycles. The second-order valence-corrected chi connectivity index (χ2v) is 9.69. The number of ether oxygens (including phenoxy) is 1. The molecule has 1 aromatic heterocycles. The fraction of sp³-hybridized carbons (Fsp3) is 0.550. The summed E-state index contributed by atoms with van der Waals surface area (Å²) in [6.45, 7) is 0. The summed E-state index contributed by atoms with van der Waals surface area (Å²) < 4.78 is 4.99. The number of hydrogen-bond donors (Lipinski definition) is 1. The Kier molecular flexibility index (Phi) is 4.31. The molecule has 1 heterocycles. The summed E-state index contributed by atoms with van der Waals surface area (Å²) in [5, 5.41) is 24.1. The number of carbonyl (C=O) groups is 1. The lowest BCUT2D eigenvalue weighted by atomic mass is 9.50. The van der Waals surface area contributed by atoms with E-state index in [1.165, 1.54) is 75.2 Å². The number of carbonyl (C=O) groups excluding carboxylic acids is 1. The molecule has 4 aliphatic rings. The van der Waals surface area contributed by atoms with Crippen molar-refractivity contribution in [1.29, 1.82) is 0 Å². The van der Waals surface area contributed by atoms with Crippen LogP contribution in [0, 0.1) is 27.9 Å². The van der Waals surface area contributed by atoms with Crippen molar-refractivity contribution in [2.24, 2.45) is 17.8 Å². The van der Waals surface area contributed by atoms with Crippen LogP contribution in [0.25, 0.3) is 0 Å². The van der Waals surface area contributed by atoms with Crippen LogP contribution in [0.1, 0.15) is 53.9 Å². The van der Waals surface area contributed by atoms with Crippen molar-refractivity contribution < 1.29 is 14.5 Å². The molecule has 1 aromatic carbocycles. The SMILES string of the molecule is COc1ccc(C(=O)Nc2nnc(C34CC5CC(CC(C5)C3)C4)s2)cc1[N+](=O)[O-]. The van der Waals surface area contributed by atoms with Crippen LogP contribution in [-0.4, -0.2) is 28.1 Å². The molecule has 0 radical (unpaired) electrons. The van der Waals surface area contributed by atoms with Crippen molar-refractivity contribution in [3.05, 3.63) is 38.9 Å². The molecule has 4 aliphatic carbocycles. The standard InChI is InChI=1S/C20H22N4O4S/c1-28-16-3-2-14(7-15(16)24(26)27)17(25)21-19-23-22-18(29-19)20-8-11-4-12(9-20)6-13(5-11)10-20/h2-3,7,11-13H,4-6,8-10H2,1H3,(H,21,23,25). The summed E-state index contributed by atoms with van der Waals surface area (Å²) in [5.41, 5.74) is 0.0737. The first-order valence-corrected chi connectivity index (χ1v) is 10.8. The monoisotopic (exact) mass is 414 g/mol. The van der Waals surface area contributed by atoms with E-state index in [-0.39, 0.29) is 22.4 Å². The normalized spacial score (nSPS) is 29.6. The fourth-order valence-electron chi connectivity index (χ4n) is 6.00. The zero-order chi connectivity index (χ0) is 20.2. The predicted molar refractivity (Wildman–Crippen MR) is 107 cm³/mol. The lowest BCUT2D eigenvalue weighted by Gasteiger charge is -2.55. The van der Waals surface area contributed by atoms with Crippen LogP contribution < -0.4 is 10.1 Å². The summed E-state index contributed by atoms with van der Waals surface area (Å²) in [6, 6.07) is 4.14. The van der Waals surface area contributed by atoms with Gasteiger partial charge < -0.3 is 4.74 Å². The largest absolute Gasteiger partial charge is 0.490 e. The highest BCUT2D eigenvalue weighted by atomic mass is 32.1. The minimum Gasteiger partial charge on any atom is -0.490 e. The van der Waals surface area contributed by atoms with E-state index in [0.29, 0.717) is 5.13 Å². The third-order valence-corrected chi connectivity index (χ3v) is 7.86. The molecule has 4 bridgehead atoms. The number of nitrogens with zero attached hydrogens (tertiary/aromatic N) is 3. The van der Waals surface area contributed by atoms with Gasteiger partial charge in [0.25, 0.3) is 5.91 Å². The average molecular weight is 414 g/mol. The van der Waals surface area contributed by atoms with Gasteiger partial charge in [-0.1, -0.05) is 11.3 Å². The number of nitrogens with one attached hydrogen (secondary N) is 1. The molecule has 29 heavy (non-hydrogen) atoms. The molecule has 0 aliphatic heterocycles. The van der Waals surface area contributed by atoms with Crippen LogP contribution in [0.2, 0.25) is 0 Å². The molecule has 8 nitrogen and oxygen atoms in total. The Hall–Kier alpha value is -2.55. The molecule has 4 fully saturated rings. The van der Waals surface area contributed by atoms with Crippen LogP contribution in [0.4, 0.5) is 10.8 Å². The molecule has 9 heteroatoms. The minimum atomic E-state index is -0.564. The van der Waals surface area contributed by atoms with Crippen molar-refractivity contribution in [3.63, 3.8) is 0 Å². The van der Waals surface area contributed by atoms with E-state index in [1.54, 1.807) is 0 Å². The van der Waals surface area contributed by atoms with E-state index in [2.05, 4.69) is 15.5 Å². The molecule has 1 N–H and O–H groups in total. The molecule has 0 atom stereocenters. The van der Waals surface area contributed by atoms with Gasteiger partial charge >= 0.3 is 5.69 Å². The van der Waals surface area contributed by atoms with Gasteiger partial charge in [-0.3, -0.25) is 20.2 Å². The van der Waals surface area contributed by atoms with Gasteiger partial charge in [0.2, 0.25) is 5.13 Å². The van der Waals surface area contributed by atoms with Gasteiger partial charge in [-0.25, -0.2) is 0 Å². The van der Waals surface area contributed by atoms with Gasteiger partial charge in [0.05, 0.1) is 12.0 Å². The molecule has 0 saturated heterocycles. The summed E-state index contributed by atoms with van der Waals surface area (Å²) >= 11 is 1.45. The number of amides is 1. The maximum Gasteiger partial charge on any atom is 0.311 e. The van der Waals surface area contributed by atoms with E-state index in [4.69, 9.17) is 4.74 Å². The van der Waals surface area contributed by atoms with E-state index in [1.807, 2.05) is 0 Å². The zero-order valence-electron chi connectivity index (χ0n) is 16.1. The van der Waals surface area contributed by atoms with Gasteiger partial charge in [-0.05, 0) is 68.4 Å². The Balaban J connectivity index is 1.35. The second kappa shape index (κ2) is 6.76. The Morgan fingerprint density at radius 3 is 2.45 bits per heavy atom. The smallest absolute Gasteiger partial charge is 0.311 e.